The highest BCUT2D eigenvalue weighted by Crippen LogP contribution is 2.37. The topological polar surface area (TPSA) is 251 Å². The van der Waals surface area contributed by atoms with E-state index in [0.717, 1.165) is 0 Å². The van der Waals surface area contributed by atoms with Crippen LogP contribution in [0.5, 0.6) is 0 Å². The number of ether oxygens (including phenoxy) is 10. The predicted octanol–water partition coefficient (Wildman–Crippen LogP) is 0.226. The molecule has 364 valence electrons. The van der Waals surface area contributed by atoms with Crippen molar-refractivity contribution in [3.8, 4) is 0 Å². The van der Waals surface area contributed by atoms with Gasteiger partial charge >= 0.3 is 5.97 Å². The van der Waals surface area contributed by atoms with Gasteiger partial charge in [-0.3, -0.25) is 9.59 Å². The first-order chi connectivity index (χ1) is 29.7. The fraction of sp³-hybridized carbons (Fsp3) is 0.864. The largest absolute Gasteiger partial charge is 0.462 e. The Morgan fingerprint density at radius 3 is 2.03 bits per heavy atom. The molecule has 0 aromatic heterocycles. The molecule has 0 amide bonds. The van der Waals surface area contributed by atoms with E-state index in [4.69, 9.17) is 47.4 Å². The molecule has 0 bridgehead atoms. The molecule has 4 rings (SSSR count). The molecule has 63 heavy (non-hydrogen) atoms. The molecule has 4 aliphatic heterocycles. The Labute approximate surface area is 371 Å². The molecule has 6 N–H and O–H groups in total. The fourth-order valence-corrected chi connectivity index (χ4v) is 9.10. The lowest BCUT2D eigenvalue weighted by Crippen LogP contribution is -2.65. The highest BCUT2D eigenvalue weighted by molar-refractivity contribution is 5.91. The smallest absolute Gasteiger partial charge is 0.308 e. The summed E-state index contributed by atoms with van der Waals surface area (Å²) in [6, 6.07) is -0.767. The van der Waals surface area contributed by atoms with Gasteiger partial charge < -0.3 is 82.9 Å². The predicted molar refractivity (Wildman–Crippen MR) is 224 cm³/mol. The minimum absolute atomic E-state index is 0.0341. The zero-order valence-electron chi connectivity index (χ0n) is 38.6. The molecule has 3 saturated heterocycles. The number of hydrogen-bond acceptors (Lipinski definition) is 19. The number of carbonyl (C=O) groups excluding carboxylic acids is 2. The molecular weight excluding hydrogens is 830 g/mol. The van der Waals surface area contributed by atoms with Gasteiger partial charge in [0.2, 0.25) is 0 Å². The van der Waals surface area contributed by atoms with Crippen molar-refractivity contribution in [3.63, 3.8) is 0 Å². The van der Waals surface area contributed by atoms with Gasteiger partial charge in [-0.2, -0.15) is 0 Å². The van der Waals surface area contributed by atoms with Crippen LogP contribution in [0.2, 0.25) is 0 Å². The van der Waals surface area contributed by atoms with E-state index in [1.54, 1.807) is 71.8 Å². The standard InChI is InChI=1S/C44H75NO18/c1-22-18-27(16-17-46)37(63-42-35(51)33(45(7)8)36(25(4)61-42)62-32-20-44(6,53)41(52)26(5)59-32)38(54-9)30(48)19-31(49)58-23(2)28(14-12-13-15-29(22)47)21-57-43-40(56-11)39(55-10)34(50)24(3)60-43/h12-15,22-28,30,32-43,46,48,50-53H,16-21H2,1-11H3/b14-12+,15-13+/t22-,23-,24?,25?,26?,27?,28-,30-,32?,33?,34?,35?,36?,37+,38+,39?,40?,41?,42?,43?,44?/m1/s1. The number of aliphatic hydroxyl groups excluding tert-OH is 5. The molecule has 0 spiro atoms. The van der Waals surface area contributed by atoms with Crippen LogP contribution in [0.1, 0.15) is 67.2 Å². The van der Waals surface area contributed by atoms with Crippen LogP contribution in [0.3, 0.4) is 0 Å². The average Bonchev–Trinajstić information content (AvgIpc) is 3.21. The molecule has 0 aromatic carbocycles. The molecule has 0 aromatic rings. The lowest BCUT2D eigenvalue weighted by Gasteiger charge is -2.50. The summed E-state index contributed by atoms with van der Waals surface area (Å²) in [5, 5.41) is 66.0. The number of methoxy groups -OCH3 is 3. The van der Waals surface area contributed by atoms with Gasteiger partial charge in [0.1, 0.15) is 48.8 Å². The third kappa shape index (κ3) is 13.6. The van der Waals surface area contributed by atoms with Gasteiger partial charge in [0, 0.05) is 46.2 Å². The summed E-state index contributed by atoms with van der Waals surface area (Å²) in [7, 11) is 7.72. The summed E-state index contributed by atoms with van der Waals surface area (Å²) in [5.74, 6) is -2.85. The van der Waals surface area contributed by atoms with Gasteiger partial charge in [0.15, 0.2) is 24.7 Å². The number of aliphatic hydroxyl groups is 6. The molecule has 0 saturated carbocycles. The normalized spacial score (nSPS) is 46.1. The SMILES string of the molecule is COC1C(OC[C@H]2/C=C/C=C/C(=O)[C@H](C)CC(CCO)[C@H](OC3OC(C)C(OC4CC(C)(O)C(O)C(C)O4)C(N(C)C)C3O)[C@@H](OC)[C@H](O)CC(=O)O[C@@H]2C)OC(C)C(O)C1OC. The number of esters is 1. The van der Waals surface area contributed by atoms with E-state index in [1.165, 1.54) is 34.3 Å². The number of likely N-dealkylation sites (N-methyl/N-ethyl adjacent to an activating group) is 1. The summed E-state index contributed by atoms with van der Waals surface area (Å²) in [4.78, 5) is 28.9. The zero-order chi connectivity index (χ0) is 46.9. The molecular formula is C44H75NO18. The Balaban J connectivity index is 1.60. The fourth-order valence-electron chi connectivity index (χ4n) is 9.10. The lowest BCUT2D eigenvalue weighted by molar-refractivity contribution is -0.344. The average molecular weight is 906 g/mol. The molecule has 4 aliphatic rings. The number of hydrogen-bond donors (Lipinski definition) is 6. The Morgan fingerprint density at radius 2 is 1.43 bits per heavy atom. The van der Waals surface area contributed by atoms with Crippen molar-refractivity contribution in [3.05, 3.63) is 24.3 Å². The monoisotopic (exact) mass is 905 g/mol. The van der Waals surface area contributed by atoms with E-state index in [2.05, 4.69) is 0 Å². The first-order valence-corrected chi connectivity index (χ1v) is 22.0. The second-order valence-corrected chi connectivity index (χ2v) is 18.0. The first kappa shape index (κ1) is 53.6. The summed E-state index contributed by atoms with van der Waals surface area (Å²) in [5.41, 5.74) is -1.50. The van der Waals surface area contributed by atoms with Crippen molar-refractivity contribution < 1.29 is 87.6 Å². The lowest BCUT2D eigenvalue weighted by atomic mass is 9.82. The maximum Gasteiger partial charge on any atom is 0.308 e. The summed E-state index contributed by atoms with van der Waals surface area (Å²) >= 11 is 0. The van der Waals surface area contributed by atoms with Crippen molar-refractivity contribution in [1.29, 1.82) is 0 Å². The number of allylic oxidation sites excluding steroid dienone is 3. The van der Waals surface area contributed by atoms with Crippen molar-refractivity contribution in [1.82, 2.24) is 4.90 Å². The van der Waals surface area contributed by atoms with Crippen LogP contribution in [0, 0.1) is 17.8 Å². The molecule has 3 fully saturated rings. The molecule has 0 aliphatic carbocycles. The number of nitrogens with zero attached hydrogens (tertiary/aromatic N) is 1. The van der Waals surface area contributed by atoms with Gasteiger partial charge in [-0.25, -0.2) is 0 Å². The van der Waals surface area contributed by atoms with E-state index in [9.17, 15) is 40.2 Å². The van der Waals surface area contributed by atoms with E-state index in [1.807, 2.05) is 0 Å². The summed E-state index contributed by atoms with van der Waals surface area (Å²) < 4.78 is 60.0. The minimum Gasteiger partial charge on any atom is -0.462 e. The van der Waals surface area contributed by atoms with Crippen LogP contribution in [0.15, 0.2) is 24.3 Å². The number of rotatable bonds is 13. The third-order valence-electron chi connectivity index (χ3n) is 12.9. The van der Waals surface area contributed by atoms with Gasteiger partial charge in [-0.05, 0) is 73.5 Å². The van der Waals surface area contributed by atoms with E-state index >= 15 is 0 Å². The van der Waals surface area contributed by atoms with Crippen molar-refractivity contribution in [2.45, 2.75) is 177 Å². The maximum absolute atomic E-state index is 13.6. The van der Waals surface area contributed by atoms with Crippen molar-refractivity contribution >= 4 is 11.8 Å². The second kappa shape index (κ2) is 24.1. The maximum atomic E-state index is 13.6. The van der Waals surface area contributed by atoms with Gasteiger partial charge in [0.25, 0.3) is 0 Å². The van der Waals surface area contributed by atoms with Crippen molar-refractivity contribution in [2.24, 2.45) is 17.8 Å². The molecule has 19 heteroatoms. The number of cyclic esters (lactones) is 1. The van der Waals surface area contributed by atoms with Crippen molar-refractivity contribution in [2.75, 3.05) is 48.6 Å². The third-order valence-corrected chi connectivity index (χ3v) is 12.9. The number of carbonyl (C=O) groups is 2. The minimum atomic E-state index is -1.53. The Kier molecular flexibility index (Phi) is 20.5. The van der Waals surface area contributed by atoms with Crippen LogP contribution in [0.4, 0.5) is 0 Å². The van der Waals surface area contributed by atoms with E-state index < -0.39 is 140 Å². The Bertz CT molecular complexity index is 1480. The van der Waals surface area contributed by atoms with E-state index in [-0.39, 0.29) is 38.3 Å². The zero-order valence-corrected chi connectivity index (χ0v) is 38.6. The quantitative estimate of drug-likeness (QED) is 0.135. The first-order valence-electron chi connectivity index (χ1n) is 22.0. The Hall–Kier alpha value is -2.02. The van der Waals surface area contributed by atoms with Crippen LogP contribution in [-0.4, -0.2) is 206 Å². The van der Waals surface area contributed by atoms with Crippen LogP contribution >= 0.6 is 0 Å². The second-order valence-electron chi connectivity index (χ2n) is 18.0. The van der Waals surface area contributed by atoms with Gasteiger partial charge in [-0.1, -0.05) is 25.2 Å². The number of ketones is 1. The van der Waals surface area contributed by atoms with Crippen LogP contribution < -0.4 is 0 Å². The summed E-state index contributed by atoms with van der Waals surface area (Å²) in [6.07, 6.45) is -9.88. The van der Waals surface area contributed by atoms with E-state index in [0.29, 0.717) is 0 Å². The molecule has 15 unspecified atom stereocenters. The Morgan fingerprint density at radius 1 is 0.778 bits per heavy atom. The molecule has 19 nitrogen and oxygen atoms in total. The molecule has 4 heterocycles. The van der Waals surface area contributed by atoms with Gasteiger partial charge in [-0.15, -0.1) is 0 Å². The van der Waals surface area contributed by atoms with Crippen LogP contribution in [0.25, 0.3) is 0 Å². The van der Waals surface area contributed by atoms with Gasteiger partial charge in [0.05, 0.1) is 55.2 Å². The summed E-state index contributed by atoms with van der Waals surface area (Å²) in [6.45, 7) is 9.58. The molecule has 0 radical (unpaired) electrons. The molecule has 21 atom stereocenters. The highest BCUT2D eigenvalue weighted by Gasteiger charge is 2.52. The highest BCUT2D eigenvalue weighted by atomic mass is 16.7. The van der Waals surface area contributed by atoms with Crippen LogP contribution in [-0.2, 0) is 57.0 Å².